The van der Waals surface area contributed by atoms with E-state index < -0.39 is 0 Å². The molecule has 1 aliphatic rings. The van der Waals surface area contributed by atoms with Gasteiger partial charge in [-0.25, -0.2) is 4.98 Å². The second-order valence-electron chi connectivity index (χ2n) is 7.45. The molecule has 7 heteroatoms. The van der Waals surface area contributed by atoms with Crippen LogP contribution in [0.1, 0.15) is 36.8 Å². The fourth-order valence-electron chi connectivity index (χ4n) is 3.68. The lowest BCUT2D eigenvalue weighted by atomic mass is 9.93. The molecule has 0 bridgehead atoms. The van der Waals surface area contributed by atoms with Gasteiger partial charge in [-0.05, 0) is 37.3 Å². The summed E-state index contributed by atoms with van der Waals surface area (Å²) < 4.78 is 0. The van der Waals surface area contributed by atoms with Crippen LogP contribution in [0.4, 0.5) is 11.8 Å². The molecule has 3 aromatic rings. The fourth-order valence-corrected chi connectivity index (χ4v) is 3.68. The van der Waals surface area contributed by atoms with E-state index in [1.165, 1.54) is 6.20 Å². The second kappa shape index (κ2) is 9.33. The first-order valence-corrected chi connectivity index (χ1v) is 10.2. The SMILES string of the molecule is N#Cc1cnc(NCc2cccnc2-c2ccccc2)nc1NC1CCC(O)CC1. The Kier molecular flexibility index (Phi) is 6.16. The number of nitriles is 1. The molecule has 4 rings (SSSR count). The summed E-state index contributed by atoms with van der Waals surface area (Å²) in [5.74, 6) is 0.987. The smallest absolute Gasteiger partial charge is 0.224 e. The molecule has 1 fully saturated rings. The van der Waals surface area contributed by atoms with Crippen LogP contribution < -0.4 is 10.6 Å². The summed E-state index contributed by atoms with van der Waals surface area (Å²) in [5, 5.41) is 25.7. The third kappa shape index (κ3) is 4.73. The number of benzene rings is 1. The highest BCUT2D eigenvalue weighted by atomic mass is 16.3. The Morgan fingerprint density at radius 3 is 2.60 bits per heavy atom. The summed E-state index contributed by atoms with van der Waals surface area (Å²) in [6.07, 6.45) is 6.34. The Hall–Kier alpha value is -3.50. The minimum atomic E-state index is -0.223. The van der Waals surface area contributed by atoms with E-state index in [-0.39, 0.29) is 12.1 Å². The normalized spacial score (nSPS) is 18.4. The van der Waals surface area contributed by atoms with Crippen molar-refractivity contribution in [3.63, 3.8) is 0 Å². The molecule has 0 unspecified atom stereocenters. The summed E-state index contributed by atoms with van der Waals surface area (Å²) >= 11 is 0. The van der Waals surface area contributed by atoms with E-state index in [0.717, 1.165) is 42.5 Å². The average Bonchev–Trinajstić information content (AvgIpc) is 2.80. The number of nitrogens with one attached hydrogen (secondary N) is 2. The molecule has 2 aromatic heterocycles. The first-order valence-electron chi connectivity index (χ1n) is 10.2. The van der Waals surface area contributed by atoms with Crippen molar-refractivity contribution in [3.8, 4) is 17.3 Å². The molecule has 0 saturated heterocycles. The largest absolute Gasteiger partial charge is 0.393 e. The predicted octanol–water partition coefficient (Wildman–Crippen LogP) is 3.74. The summed E-state index contributed by atoms with van der Waals surface area (Å²) in [7, 11) is 0. The molecule has 152 valence electrons. The van der Waals surface area contributed by atoms with E-state index in [4.69, 9.17) is 0 Å². The lowest BCUT2D eigenvalue weighted by molar-refractivity contribution is 0.126. The van der Waals surface area contributed by atoms with Crippen LogP contribution in [0, 0.1) is 11.3 Å². The van der Waals surface area contributed by atoms with Gasteiger partial charge in [0, 0.05) is 24.3 Å². The molecule has 0 aliphatic heterocycles. The maximum absolute atomic E-state index is 9.70. The summed E-state index contributed by atoms with van der Waals surface area (Å²) in [4.78, 5) is 13.4. The van der Waals surface area contributed by atoms with Crippen molar-refractivity contribution in [1.82, 2.24) is 15.0 Å². The molecule has 1 aliphatic carbocycles. The van der Waals surface area contributed by atoms with Crippen LogP contribution in [0.25, 0.3) is 11.3 Å². The van der Waals surface area contributed by atoms with Crippen molar-refractivity contribution in [3.05, 3.63) is 66.0 Å². The molecule has 0 atom stereocenters. The van der Waals surface area contributed by atoms with Gasteiger partial charge >= 0.3 is 0 Å². The standard InChI is InChI=1S/C23H24N6O/c24-13-18-15-27-23(29-22(18)28-19-8-10-20(30)11-9-19)26-14-17-7-4-12-25-21(17)16-5-2-1-3-6-16/h1-7,12,15,19-20,30H,8-11,14H2,(H2,26,27,28,29). The molecule has 30 heavy (non-hydrogen) atoms. The Bertz CT molecular complexity index is 1030. The van der Waals surface area contributed by atoms with Gasteiger partial charge in [-0.3, -0.25) is 4.98 Å². The minimum absolute atomic E-state index is 0.200. The summed E-state index contributed by atoms with van der Waals surface area (Å²) in [6.45, 7) is 0.513. The van der Waals surface area contributed by atoms with Gasteiger partial charge in [-0.2, -0.15) is 10.2 Å². The van der Waals surface area contributed by atoms with Gasteiger partial charge in [0.25, 0.3) is 0 Å². The van der Waals surface area contributed by atoms with Crippen molar-refractivity contribution in [2.75, 3.05) is 10.6 Å². The topological polar surface area (TPSA) is 107 Å². The number of nitrogens with zero attached hydrogens (tertiary/aromatic N) is 4. The van der Waals surface area contributed by atoms with E-state index in [1.807, 2.05) is 42.5 Å². The number of hydrogen-bond donors (Lipinski definition) is 3. The van der Waals surface area contributed by atoms with Gasteiger partial charge in [0.1, 0.15) is 17.5 Å². The third-order valence-electron chi connectivity index (χ3n) is 5.32. The van der Waals surface area contributed by atoms with Crippen molar-refractivity contribution < 1.29 is 5.11 Å². The summed E-state index contributed by atoms with van der Waals surface area (Å²) in [5.41, 5.74) is 3.42. The van der Waals surface area contributed by atoms with E-state index in [9.17, 15) is 10.4 Å². The molecule has 0 radical (unpaired) electrons. The van der Waals surface area contributed by atoms with E-state index >= 15 is 0 Å². The van der Waals surface area contributed by atoms with Crippen molar-refractivity contribution in [2.24, 2.45) is 0 Å². The second-order valence-corrected chi connectivity index (χ2v) is 7.45. The third-order valence-corrected chi connectivity index (χ3v) is 5.32. The zero-order valence-electron chi connectivity index (χ0n) is 16.6. The zero-order valence-corrected chi connectivity index (χ0v) is 16.6. The highest BCUT2D eigenvalue weighted by Crippen LogP contribution is 2.24. The Labute approximate surface area is 175 Å². The molecule has 0 amide bonds. The van der Waals surface area contributed by atoms with Crippen LogP contribution in [0.15, 0.2) is 54.9 Å². The minimum Gasteiger partial charge on any atom is -0.393 e. The van der Waals surface area contributed by atoms with E-state index in [1.54, 1.807) is 6.20 Å². The average molecular weight is 400 g/mol. The quantitative estimate of drug-likeness (QED) is 0.579. The van der Waals surface area contributed by atoms with Crippen molar-refractivity contribution >= 4 is 11.8 Å². The van der Waals surface area contributed by atoms with Gasteiger partial charge in [-0.1, -0.05) is 36.4 Å². The molecule has 3 N–H and O–H groups in total. The predicted molar refractivity (Wildman–Crippen MR) is 116 cm³/mol. The first kappa shape index (κ1) is 19.8. The molecular weight excluding hydrogens is 376 g/mol. The molecule has 7 nitrogen and oxygen atoms in total. The highest BCUT2D eigenvalue weighted by molar-refractivity contribution is 5.63. The van der Waals surface area contributed by atoms with Crippen molar-refractivity contribution in [1.29, 1.82) is 5.26 Å². The molecule has 1 aromatic carbocycles. The maximum atomic E-state index is 9.70. The molecule has 0 spiro atoms. The molecule has 2 heterocycles. The van der Waals surface area contributed by atoms with Gasteiger partial charge in [0.2, 0.25) is 5.95 Å². The van der Waals surface area contributed by atoms with Gasteiger partial charge in [0.15, 0.2) is 0 Å². The molecule has 1 saturated carbocycles. The number of hydrogen-bond acceptors (Lipinski definition) is 7. The number of aliphatic hydroxyl groups is 1. The monoisotopic (exact) mass is 400 g/mol. The lowest BCUT2D eigenvalue weighted by Crippen LogP contribution is -2.29. The van der Waals surface area contributed by atoms with Crippen LogP contribution in [0.5, 0.6) is 0 Å². The lowest BCUT2D eigenvalue weighted by Gasteiger charge is -2.26. The number of pyridine rings is 1. The number of anilines is 2. The highest BCUT2D eigenvalue weighted by Gasteiger charge is 2.21. The number of rotatable bonds is 6. The fraction of sp³-hybridized carbons (Fsp3) is 0.304. The van der Waals surface area contributed by atoms with Gasteiger partial charge in [-0.15, -0.1) is 0 Å². The Balaban J connectivity index is 1.49. The maximum Gasteiger partial charge on any atom is 0.224 e. The van der Waals surface area contributed by atoms with Crippen LogP contribution in [0.2, 0.25) is 0 Å². The van der Waals surface area contributed by atoms with Gasteiger partial charge < -0.3 is 15.7 Å². The van der Waals surface area contributed by atoms with Crippen LogP contribution >= 0.6 is 0 Å². The van der Waals surface area contributed by atoms with Crippen LogP contribution in [-0.4, -0.2) is 32.2 Å². The van der Waals surface area contributed by atoms with Crippen molar-refractivity contribution in [2.45, 2.75) is 44.4 Å². The Morgan fingerprint density at radius 2 is 1.83 bits per heavy atom. The zero-order chi connectivity index (χ0) is 20.8. The van der Waals surface area contributed by atoms with Crippen LogP contribution in [0.3, 0.4) is 0 Å². The summed E-state index contributed by atoms with van der Waals surface area (Å²) in [6, 6.07) is 16.3. The van der Waals surface area contributed by atoms with E-state index in [2.05, 4.69) is 31.7 Å². The number of aliphatic hydroxyl groups excluding tert-OH is 1. The number of aromatic nitrogens is 3. The van der Waals surface area contributed by atoms with E-state index in [0.29, 0.717) is 23.9 Å². The Morgan fingerprint density at radius 1 is 1.03 bits per heavy atom. The first-order chi connectivity index (χ1) is 14.7. The van der Waals surface area contributed by atoms with Gasteiger partial charge in [0.05, 0.1) is 18.0 Å². The molecular formula is C23H24N6O. The van der Waals surface area contributed by atoms with Crippen LogP contribution in [-0.2, 0) is 6.54 Å².